The number of benzene rings is 1. The highest BCUT2D eigenvalue weighted by Gasteiger charge is 2.26. The summed E-state index contributed by atoms with van der Waals surface area (Å²) in [6.07, 6.45) is 0. The van der Waals surface area contributed by atoms with Gasteiger partial charge in [-0.3, -0.25) is 10.1 Å². The monoisotopic (exact) mass is 305 g/mol. The third kappa shape index (κ3) is 2.33. The van der Waals surface area contributed by atoms with E-state index in [1.807, 2.05) is 5.10 Å². The van der Waals surface area contributed by atoms with E-state index in [1.54, 1.807) is 0 Å². The molecule has 9 nitrogen and oxygen atoms in total. The number of aromatic nitrogens is 3. The van der Waals surface area contributed by atoms with E-state index in [2.05, 4.69) is 10.1 Å². The highest BCUT2D eigenvalue weighted by atomic mass is 32.2. The number of nitrogens with one attached hydrogen (secondary N) is 1. The van der Waals surface area contributed by atoms with Crippen molar-refractivity contribution >= 4 is 15.7 Å². The molecule has 106 valence electrons. The number of primary sulfonamides is 1. The second kappa shape index (κ2) is 4.57. The normalized spacial score (nSPS) is 11.6. The molecular weight excluding hydrogens is 300 g/mol. The van der Waals surface area contributed by atoms with Gasteiger partial charge in [0.25, 0.3) is 15.2 Å². The fourth-order valence-corrected chi connectivity index (χ4v) is 1.76. The first-order chi connectivity index (χ1) is 9.21. The van der Waals surface area contributed by atoms with Crippen LogP contribution in [-0.2, 0) is 10.0 Å². The molecule has 0 amide bonds. The van der Waals surface area contributed by atoms with Crippen molar-refractivity contribution in [2.45, 2.75) is 5.16 Å². The standard InChI is InChI=1S/C8H5F2N5O4S/c9-3-1-2-4(15(16)17)6(10)5(3)7-12-8(14-13-7)20(11,18)19/h1-2H,(H2,11,18,19)(H,12,13,14). The second-order valence-electron chi connectivity index (χ2n) is 3.52. The quantitative estimate of drug-likeness (QED) is 0.616. The number of halogens is 2. The Bertz CT molecular complexity index is 803. The number of nitrogens with two attached hydrogens (primary N) is 1. The summed E-state index contributed by atoms with van der Waals surface area (Å²) in [6.45, 7) is 0. The lowest BCUT2D eigenvalue weighted by molar-refractivity contribution is -0.387. The minimum Gasteiger partial charge on any atom is -0.258 e. The molecule has 2 aromatic rings. The Kier molecular flexibility index (Phi) is 3.19. The summed E-state index contributed by atoms with van der Waals surface area (Å²) in [5.41, 5.74) is -1.92. The molecule has 1 aromatic heterocycles. The first-order valence-corrected chi connectivity index (χ1v) is 6.34. The van der Waals surface area contributed by atoms with Crippen LogP contribution in [0.3, 0.4) is 0 Å². The largest absolute Gasteiger partial charge is 0.305 e. The van der Waals surface area contributed by atoms with Crippen LogP contribution in [-0.4, -0.2) is 28.5 Å². The molecule has 0 unspecified atom stereocenters. The average molecular weight is 305 g/mol. The first kappa shape index (κ1) is 14.0. The molecule has 0 aliphatic heterocycles. The third-order valence-corrected chi connectivity index (χ3v) is 2.95. The van der Waals surface area contributed by atoms with Crippen LogP contribution in [0.5, 0.6) is 0 Å². The maximum Gasteiger partial charge on any atom is 0.305 e. The van der Waals surface area contributed by atoms with Crippen molar-refractivity contribution in [1.82, 2.24) is 15.2 Å². The van der Waals surface area contributed by atoms with Crippen molar-refractivity contribution in [2.24, 2.45) is 5.14 Å². The Morgan fingerprint density at radius 1 is 1.35 bits per heavy atom. The van der Waals surface area contributed by atoms with Gasteiger partial charge in [0.2, 0.25) is 5.82 Å². The highest BCUT2D eigenvalue weighted by Crippen LogP contribution is 2.29. The Hall–Kier alpha value is -2.47. The molecule has 1 aromatic carbocycles. The minimum atomic E-state index is -4.25. The van der Waals surface area contributed by atoms with Crippen LogP contribution in [0.4, 0.5) is 14.5 Å². The summed E-state index contributed by atoms with van der Waals surface area (Å²) < 4.78 is 49.3. The molecule has 0 saturated carbocycles. The Labute approximate surface area is 109 Å². The molecule has 0 fully saturated rings. The van der Waals surface area contributed by atoms with E-state index in [0.29, 0.717) is 12.1 Å². The van der Waals surface area contributed by atoms with E-state index in [0.717, 1.165) is 0 Å². The lowest BCUT2D eigenvalue weighted by atomic mass is 10.1. The molecule has 0 saturated heterocycles. The van der Waals surface area contributed by atoms with Crippen LogP contribution < -0.4 is 5.14 Å². The Morgan fingerprint density at radius 2 is 2.00 bits per heavy atom. The van der Waals surface area contributed by atoms with E-state index in [9.17, 15) is 27.3 Å². The van der Waals surface area contributed by atoms with Crippen LogP contribution >= 0.6 is 0 Å². The molecule has 2 rings (SSSR count). The SMILES string of the molecule is NS(=O)(=O)c1nc(-c2c(F)ccc([N+](=O)[O-])c2F)n[nH]1. The molecule has 0 aliphatic rings. The summed E-state index contributed by atoms with van der Waals surface area (Å²) in [4.78, 5) is 12.8. The molecule has 0 radical (unpaired) electrons. The van der Waals surface area contributed by atoms with Crippen LogP contribution in [0.2, 0.25) is 0 Å². The average Bonchev–Trinajstić information content (AvgIpc) is 2.77. The van der Waals surface area contributed by atoms with Crippen LogP contribution in [0.25, 0.3) is 11.4 Å². The van der Waals surface area contributed by atoms with E-state index >= 15 is 0 Å². The van der Waals surface area contributed by atoms with Crippen molar-refractivity contribution in [2.75, 3.05) is 0 Å². The van der Waals surface area contributed by atoms with E-state index in [4.69, 9.17) is 5.14 Å². The second-order valence-corrected chi connectivity index (χ2v) is 5.00. The number of H-pyrrole nitrogens is 1. The summed E-state index contributed by atoms with van der Waals surface area (Å²) in [5.74, 6) is -3.41. The van der Waals surface area contributed by atoms with Crippen LogP contribution in [0.15, 0.2) is 17.3 Å². The fourth-order valence-electron chi connectivity index (χ4n) is 1.37. The van der Waals surface area contributed by atoms with Gasteiger partial charge in [-0.25, -0.2) is 23.0 Å². The zero-order chi connectivity index (χ0) is 15.1. The third-order valence-electron chi connectivity index (χ3n) is 2.23. The van der Waals surface area contributed by atoms with E-state index < -0.39 is 48.8 Å². The van der Waals surface area contributed by atoms with Crippen molar-refractivity contribution in [3.8, 4) is 11.4 Å². The molecule has 0 spiro atoms. The summed E-state index contributed by atoms with van der Waals surface area (Å²) in [7, 11) is -4.25. The molecule has 0 bridgehead atoms. The lowest BCUT2D eigenvalue weighted by Gasteiger charge is -2.00. The van der Waals surface area contributed by atoms with Gasteiger partial charge >= 0.3 is 5.69 Å². The van der Waals surface area contributed by atoms with Crippen LogP contribution in [0, 0.1) is 21.7 Å². The van der Waals surface area contributed by atoms with Gasteiger partial charge < -0.3 is 0 Å². The van der Waals surface area contributed by atoms with Gasteiger partial charge in [-0.05, 0) is 6.07 Å². The summed E-state index contributed by atoms with van der Waals surface area (Å²) in [5, 5.41) is 19.6. The van der Waals surface area contributed by atoms with Gasteiger partial charge in [-0.2, -0.15) is 14.5 Å². The van der Waals surface area contributed by atoms with Crippen molar-refractivity contribution in [1.29, 1.82) is 0 Å². The van der Waals surface area contributed by atoms with Crippen molar-refractivity contribution in [3.63, 3.8) is 0 Å². The lowest BCUT2D eigenvalue weighted by Crippen LogP contribution is -2.13. The number of sulfonamides is 1. The molecule has 1 heterocycles. The topological polar surface area (TPSA) is 145 Å². The van der Waals surface area contributed by atoms with Gasteiger partial charge in [0.1, 0.15) is 5.82 Å². The number of nitrogens with zero attached hydrogens (tertiary/aromatic N) is 3. The zero-order valence-electron chi connectivity index (χ0n) is 9.37. The summed E-state index contributed by atoms with van der Waals surface area (Å²) in [6, 6.07) is 1.27. The molecule has 20 heavy (non-hydrogen) atoms. The van der Waals surface area contributed by atoms with E-state index in [1.165, 1.54) is 0 Å². The first-order valence-electron chi connectivity index (χ1n) is 4.79. The molecule has 0 aliphatic carbocycles. The van der Waals surface area contributed by atoms with E-state index in [-0.39, 0.29) is 0 Å². The Morgan fingerprint density at radius 3 is 2.50 bits per heavy atom. The zero-order valence-corrected chi connectivity index (χ0v) is 10.2. The predicted octanol–water partition coefficient (Wildman–Crippen LogP) is 0.306. The van der Waals surface area contributed by atoms with Gasteiger partial charge in [0.15, 0.2) is 5.82 Å². The van der Waals surface area contributed by atoms with Crippen molar-refractivity contribution in [3.05, 3.63) is 33.9 Å². The predicted molar refractivity (Wildman–Crippen MR) is 59.8 cm³/mol. The number of rotatable bonds is 3. The Balaban J connectivity index is 2.67. The molecular formula is C8H5F2N5O4S. The number of nitro groups is 1. The molecule has 0 atom stereocenters. The molecule has 3 N–H and O–H groups in total. The summed E-state index contributed by atoms with van der Waals surface area (Å²) >= 11 is 0. The van der Waals surface area contributed by atoms with Gasteiger partial charge in [0, 0.05) is 6.07 Å². The highest BCUT2D eigenvalue weighted by molar-refractivity contribution is 7.89. The number of aromatic amines is 1. The number of hydrogen-bond donors (Lipinski definition) is 2. The fraction of sp³-hybridized carbons (Fsp3) is 0. The maximum absolute atomic E-state index is 13.8. The smallest absolute Gasteiger partial charge is 0.258 e. The maximum atomic E-state index is 13.8. The minimum absolute atomic E-state index is 0.626. The molecule has 12 heteroatoms. The van der Waals surface area contributed by atoms with Crippen molar-refractivity contribution < 1.29 is 22.1 Å². The van der Waals surface area contributed by atoms with Crippen LogP contribution in [0.1, 0.15) is 0 Å². The van der Waals surface area contributed by atoms with Gasteiger partial charge in [0.05, 0.1) is 10.5 Å². The van der Waals surface area contributed by atoms with Gasteiger partial charge in [-0.15, -0.1) is 0 Å². The van der Waals surface area contributed by atoms with Gasteiger partial charge in [-0.1, -0.05) is 0 Å². The number of hydrogen-bond acceptors (Lipinski definition) is 6. The number of nitro benzene ring substituents is 1.